The Morgan fingerprint density at radius 1 is 0.805 bits per heavy atom. The number of amides is 2. The Labute approximate surface area is 250 Å². The van der Waals surface area contributed by atoms with Gasteiger partial charge in [0.05, 0.1) is 12.1 Å². The predicted molar refractivity (Wildman–Crippen MR) is 164 cm³/mol. The lowest BCUT2D eigenvalue weighted by Gasteiger charge is -2.24. The SMILES string of the molecule is CC(C)[C@H](NC(=O)C(c1ccccc1)c1ccccc1)C(=O)N/N=C\c1cc(Cl)ccc1OCc1cccc(Cl)c1. The highest BCUT2D eigenvalue weighted by Gasteiger charge is 2.29. The Morgan fingerprint density at radius 2 is 1.44 bits per heavy atom. The summed E-state index contributed by atoms with van der Waals surface area (Å²) in [6.45, 7) is 4.03. The smallest absolute Gasteiger partial charge is 0.262 e. The zero-order chi connectivity index (χ0) is 29.2. The van der Waals surface area contributed by atoms with Crippen LogP contribution in [0.4, 0.5) is 0 Å². The lowest BCUT2D eigenvalue weighted by molar-refractivity contribution is -0.130. The second kappa shape index (κ2) is 14.5. The third kappa shape index (κ3) is 8.43. The van der Waals surface area contributed by atoms with E-state index in [0.29, 0.717) is 28.0 Å². The van der Waals surface area contributed by atoms with E-state index in [4.69, 9.17) is 27.9 Å². The summed E-state index contributed by atoms with van der Waals surface area (Å²) in [4.78, 5) is 26.8. The third-order valence-corrected chi connectivity index (χ3v) is 6.88. The molecule has 41 heavy (non-hydrogen) atoms. The van der Waals surface area contributed by atoms with Gasteiger partial charge in [-0.05, 0) is 52.9 Å². The van der Waals surface area contributed by atoms with Crippen molar-refractivity contribution >= 4 is 41.2 Å². The molecule has 0 radical (unpaired) electrons. The van der Waals surface area contributed by atoms with E-state index in [1.165, 1.54) is 6.21 Å². The van der Waals surface area contributed by atoms with Crippen molar-refractivity contribution < 1.29 is 14.3 Å². The highest BCUT2D eigenvalue weighted by molar-refractivity contribution is 6.31. The van der Waals surface area contributed by atoms with Crippen molar-refractivity contribution in [1.82, 2.24) is 10.7 Å². The van der Waals surface area contributed by atoms with Crippen LogP contribution < -0.4 is 15.5 Å². The molecule has 2 amide bonds. The van der Waals surface area contributed by atoms with Crippen molar-refractivity contribution in [2.45, 2.75) is 32.4 Å². The van der Waals surface area contributed by atoms with E-state index in [2.05, 4.69) is 15.8 Å². The summed E-state index contributed by atoms with van der Waals surface area (Å²) in [7, 11) is 0. The van der Waals surface area contributed by atoms with Crippen LogP contribution in [-0.2, 0) is 16.2 Å². The number of halogens is 2. The van der Waals surface area contributed by atoms with Crippen molar-refractivity contribution in [3.05, 3.63) is 135 Å². The lowest BCUT2D eigenvalue weighted by atomic mass is 9.89. The minimum Gasteiger partial charge on any atom is -0.488 e. The minimum atomic E-state index is -0.813. The molecule has 4 rings (SSSR count). The molecule has 4 aromatic rings. The van der Waals surface area contributed by atoms with Crippen LogP contribution >= 0.6 is 23.2 Å². The highest BCUT2D eigenvalue weighted by Crippen LogP contribution is 2.26. The molecule has 210 valence electrons. The Morgan fingerprint density at radius 3 is 2.05 bits per heavy atom. The topological polar surface area (TPSA) is 79.8 Å². The van der Waals surface area contributed by atoms with Gasteiger partial charge in [-0.15, -0.1) is 0 Å². The molecule has 0 aliphatic rings. The van der Waals surface area contributed by atoms with Crippen LogP contribution in [0.15, 0.2) is 108 Å². The Kier molecular flexibility index (Phi) is 10.5. The number of nitrogens with one attached hydrogen (secondary N) is 2. The molecule has 8 heteroatoms. The summed E-state index contributed by atoms with van der Waals surface area (Å²) in [5.41, 5.74) is 5.72. The molecule has 0 heterocycles. The van der Waals surface area contributed by atoms with Crippen molar-refractivity contribution in [3.63, 3.8) is 0 Å². The number of benzene rings is 4. The molecular weight excluding hydrogens is 557 g/mol. The predicted octanol–water partition coefficient (Wildman–Crippen LogP) is 7.00. The monoisotopic (exact) mass is 587 g/mol. The van der Waals surface area contributed by atoms with E-state index in [9.17, 15) is 9.59 Å². The van der Waals surface area contributed by atoms with Gasteiger partial charge in [0.15, 0.2) is 0 Å². The van der Waals surface area contributed by atoms with Crippen LogP contribution in [0.5, 0.6) is 5.75 Å². The number of hydrazone groups is 1. The zero-order valence-electron chi connectivity index (χ0n) is 22.8. The molecule has 0 unspecified atom stereocenters. The molecule has 0 aliphatic carbocycles. The maximum absolute atomic E-state index is 13.6. The molecule has 6 nitrogen and oxygen atoms in total. The molecule has 4 aromatic carbocycles. The molecule has 0 aromatic heterocycles. The van der Waals surface area contributed by atoms with Crippen LogP contribution in [0, 0.1) is 5.92 Å². The van der Waals surface area contributed by atoms with Gasteiger partial charge in [-0.2, -0.15) is 5.10 Å². The number of rotatable bonds is 11. The van der Waals surface area contributed by atoms with Crippen LogP contribution in [0.1, 0.15) is 42.0 Å². The fourth-order valence-electron chi connectivity index (χ4n) is 4.33. The quantitative estimate of drug-likeness (QED) is 0.146. The van der Waals surface area contributed by atoms with Crippen molar-refractivity contribution in [2.75, 3.05) is 0 Å². The average molecular weight is 589 g/mol. The van der Waals surface area contributed by atoms with E-state index >= 15 is 0 Å². The lowest BCUT2D eigenvalue weighted by Crippen LogP contribution is -2.50. The maximum atomic E-state index is 13.6. The first kappa shape index (κ1) is 29.8. The number of carbonyl (C=O) groups excluding carboxylic acids is 2. The summed E-state index contributed by atoms with van der Waals surface area (Å²) < 4.78 is 5.96. The molecular formula is C33H31Cl2N3O3. The fourth-order valence-corrected chi connectivity index (χ4v) is 4.73. The van der Waals surface area contributed by atoms with Crippen LogP contribution in [0.2, 0.25) is 10.0 Å². The number of hydrogen-bond donors (Lipinski definition) is 2. The van der Waals surface area contributed by atoms with Gasteiger partial charge in [-0.1, -0.05) is 110 Å². The first-order chi connectivity index (χ1) is 19.8. The van der Waals surface area contributed by atoms with E-state index in [1.807, 2.05) is 92.7 Å². The van der Waals surface area contributed by atoms with Gasteiger partial charge >= 0.3 is 0 Å². The number of nitrogens with zero attached hydrogens (tertiary/aromatic N) is 1. The standard InChI is InChI=1S/C33H31Cl2N3O3/c1-22(2)31(37-32(39)30(24-11-5-3-6-12-24)25-13-7-4-8-14-25)33(40)38-36-20-26-19-28(35)16-17-29(26)41-21-23-10-9-15-27(34)18-23/h3-20,22,30-31H,21H2,1-2H3,(H,37,39)(H,38,40)/b36-20-/t31-/m0/s1. The van der Waals surface area contributed by atoms with E-state index in [-0.39, 0.29) is 11.8 Å². The second-order valence-electron chi connectivity index (χ2n) is 9.82. The van der Waals surface area contributed by atoms with Crippen LogP contribution in [0.3, 0.4) is 0 Å². The Balaban J connectivity index is 1.46. The largest absolute Gasteiger partial charge is 0.488 e. The molecule has 0 spiro atoms. The van der Waals surface area contributed by atoms with Gasteiger partial charge in [-0.3, -0.25) is 9.59 Å². The van der Waals surface area contributed by atoms with Gasteiger partial charge in [0, 0.05) is 15.6 Å². The molecule has 2 N–H and O–H groups in total. The summed E-state index contributed by atoms with van der Waals surface area (Å²) in [5.74, 6) is -0.931. The Hall–Kier alpha value is -4.13. The van der Waals surface area contributed by atoms with Gasteiger partial charge in [0.2, 0.25) is 5.91 Å². The second-order valence-corrected chi connectivity index (χ2v) is 10.7. The molecule has 0 aliphatic heterocycles. The van der Waals surface area contributed by atoms with Gasteiger partial charge in [0.1, 0.15) is 18.4 Å². The van der Waals surface area contributed by atoms with Crippen LogP contribution in [-0.4, -0.2) is 24.1 Å². The number of carbonyl (C=O) groups is 2. The number of hydrogen-bond acceptors (Lipinski definition) is 4. The highest BCUT2D eigenvalue weighted by atomic mass is 35.5. The van der Waals surface area contributed by atoms with Crippen molar-refractivity contribution in [3.8, 4) is 5.75 Å². The number of ether oxygens (including phenoxy) is 1. The summed E-state index contributed by atoms with van der Waals surface area (Å²) >= 11 is 12.3. The van der Waals surface area contributed by atoms with Crippen molar-refractivity contribution in [1.29, 1.82) is 0 Å². The Bertz CT molecular complexity index is 1450. The van der Waals surface area contributed by atoms with E-state index in [1.54, 1.807) is 24.3 Å². The summed E-state index contributed by atoms with van der Waals surface area (Å²) in [5, 5.41) is 8.21. The molecule has 0 saturated carbocycles. The normalized spacial score (nSPS) is 12.0. The molecule has 0 saturated heterocycles. The zero-order valence-corrected chi connectivity index (χ0v) is 24.3. The molecule has 0 bridgehead atoms. The average Bonchev–Trinajstić information content (AvgIpc) is 2.96. The fraction of sp³-hybridized carbons (Fsp3) is 0.182. The summed E-state index contributed by atoms with van der Waals surface area (Å²) in [6, 6.07) is 30.7. The first-order valence-corrected chi connectivity index (χ1v) is 14.0. The minimum absolute atomic E-state index is 0.191. The van der Waals surface area contributed by atoms with E-state index < -0.39 is 17.9 Å². The van der Waals surface area contributed by atoms with E-state index in [0.717, 1.165) is 16.7 Å². The third-order valence-electron chi connectivity index (χ3n) is 6.41. The summed E-state index contributed by atoms with van der Waals surface area (Å²) in [6.07, 6.45) is 1.47. The molecule has 1 atom stereocenters. The van der Waals surface area contributed by atoms with Crippen LogP contribution in [0.25, 0.3) is 0 Å². The van der Waals surface area contributed by atoms with Crippen molar-refractivity contribution in [2.24, 2.45) is 11.0 Å². The maximum Gasteiger partial charge on any atom is 0.262 e. The van der Waals surface area contributed by atoms with Gasteiger partial charge in [-0.25, -0.2) is 5.43 Å². The van der Waals surface area contributed by atoms with Gasteiger partial charge < -0.3 is 10.1 Å². The molecule has 0 fully saturated rings. The first-order valence-electron chi connectivity index (χ1n) is 13.2. The van der Waals surface area contributed by atoms with Gasteiger partial charge in [0.25, 0.3) is 5.91 Å².